The molecule has 0 bridgehead atoms. The molecule has 1 unspecified atom stereocenters. The largest absolute Gasteiger partial charge is 0.485 e. The van der Waals surface area contributed by atoms with E-state index in [-0.39, 0.29) is 22.2 Å². The van der Waals surface area contributed by atoms with Gasteiger partial charge in [-0.05, 0) is 12.2 Å². The highest BCUT2D eigenvalue weighted by Crippen LogP contribution is 2.04. The Bertz CT molecular complexity index is 497. The number of hydrogen-bond donors (Lipinski definition) is 1. The van der Waals surface area contributed by atoms with E-state index in [4.69, 9.17) is 17.0 Å². The summed E-state index contributed by atoms with van der Waals surface area (Å²) in [6, 6.07) is 1.42. The van der Waals surface area contributed by atoms with Gasteiger partial charge in [0.25, 0.3) is 0 Å². The van der Waals surface area contributed by atoms with Gasteiger partial charge in [-0.25, -0.2) is 0 Å². The number of nitrogens with one attached hydrogen (secondary N) is 1. The second-order valence-corrected chi connectivity index (χ2v) is 3.58. The molecule has 2 heterocycles. The number of aromatic nitrogens is 2. The number of nitrogens with zero attached hydrogens (tertiary/aromatic N) is 3. The number of hydrogen-bond acceptors (Lipinski definition) is 6. The topological polar surface area (TPSA) is 68.5 Å². The van der Waals surface area contributed by atoms with Crippen molar-refractivity contribution in [1.82, 2.24) is 15.2 Å². The minimum absolute atomic E-state index is 0.000920. The Morgan fingerprint density at radius 3 is 3.19 bits per heavy atom. The highest BCUT2D eigenvalue weighted by molar-refractivity contribution is 7.80. The predicted molar refractivity (Wildman–Crippen MR) is 62.7 cm³/mol. The van der Waals surface area contributed by atoms with E-state index >= 15 is 0 Å². The molecule has 16 heavy (non-hydrogen) atoms. The van der Waals surface area contributed by atoms with Gasteiger partial charge in [-0.1, -0.05) is 0 Å². The molecule has 0 radical (unpaired) electrons. The van der Waals surface area contributed by atoms with Crippen molar-refractivity contribution in [3.8, 4) is 0 Å². The highest BCUT2D eigenvalue weighted by atomic mass is 32.1. The standard InChI is InChI=1S/C9H10N4O2S/c1-15-9(16)8-7(14)2-3-13(12-8)6-4-10-11-5-6/h2-4,6,11H,5H2,1H3. The van der Waals surface area contributed by atoms with Crippen LogP contribution in [0.1, 0.15) is 11.7 Å². The average Bonchev–Trinajstić information content (AvgIpc) is 2.82. The van der Waals surface area contributed by atoms with Gasteiger partial charge in [0.2, 0.25) is 10.5 Å². The Balaban J connectivity index is 2.38. The van der Waals surface area contributed by atoms with Gasteiger partial charge < -0.3 is 10.2 Å². The van der Waals surface area contributed by atoms with Gasteiger partial charge in [0.15, 0.2) is 5.69 Å². The summed E-state index contributed by atoms with van der Waals surface area (Å²) in [7, 11) is 1.42. The van der Waals surface area contributed by atoms with Gasteiger partial charge >= 0.3 is 0 Å². The Morgan fingerprint density at radius 1 is 1.75 bits per heavy atom. The molecule has 84 valence electrons. The molecule has 0 aromatic carbocycles. The Hall–Kier alpha value is -1.76. The fourth-order valence-electron chi connectivity index (χ4n) is 1.34. The zero-order chi connectivity index (χ0) is 11.5. The molecule has 1 aliphatic rings. The monoisotopic (exact) mass is 238 g/mol. The van der Waals surface area contributed by atoms with Gasteiger partial charge in [-0.15, -0.1) is 0 Å². The molecule has 0 aliphatic carbocycles. The second-order valence-electron chi connectivity index (χ2n) is 3.21. The third-order valence-electron chi connectivity index (χ3n) is 2.18. The Labute approximate surface area is 96.9 Å². The van der Waals surface area contributed by atoms with Crippen molar-refractivity contribution in [3.63, 3.8) is 0 Å². The summed E-state index contributed by atoms with van der Waals surface area (Å²) in [5.74, 6) is 0. The molecule has 0 saturated heterocycles. The molecule has 0 fully saturated rings. The van der Waals surface area contributed by atoms with Gasteiger partial charge in [-0.3, -0.25) is 9.48 Å². The summed E-state index contributed by atoms with van der Waals surface area (Å²) in [6.07, 6.45) is 3.32. The van der Waals surface area contributed by atoms with Crippen LogP contribution in [0.5, 0.6) is 0 Å². The molecule has 1 aromatic heterocycles. The second kappa shape index (κ2) is 4.40. The van der Waals surface area contributed by atoms with E-state index in [0.29, 0.717) is 6.54 Å². The zero-order valence-corrected chi connectivity index (χ0v) is 9.40. The normalized spacial score (nSPS) is 18.2. The molecule has 1 atom stereocenters. The van der Waals surface area contributed by atoms with Crippen LogP contribution in [0.3, 0.4) is 0 Å². The number of thiocarbonyl (C=S) groups is 1. The molecule has 1 aliphatic heterocycles. The first kappa shape index (κ1) is 10.7. The van der Waals surface area contributed by atoms with Crippen LogP contribution in [0.15, 0.2) is 22.2 Å². The molecule has 1 aromatic rings. The predicted octanol–water partition coefficient (Wildman–Crippen LogP) is -0.305. The van der Waals surface area contributed by atoms with Crippen molar-refractivity contribution >= 4 is 23.5 Å². The van der Waals surface area contributed by atoms with Crippen LogP contribution in [-0.2, 0) is 4.74 Å². The maximum Gasteiger partial charge on any atom is 0.215 e. The minimum Gasteiger partial charge on any atom is -0.485 e. The molecular formula is C9H10N4O2S. The van der Waals surface area contributed by atoms with Crippen LogP contribution in [0.4, 0.5) is 0 Å². The summed E-state index contributed by atoms with van der Waals surface area (Å²) in [6.45, 7) is 0.648. The van der Waals surface area contributed by atoms with Crippen molar-refractivity contribution in [3.05, 3.63) is 28.2 Å². The van der Waals surface area contributed by atoms with E-state index in [2.05, 4.69) is 15.6 Å². The SMILES string of the molecule is COC(=S)c1nn(C2C=NNC2)ccc1=O. The third-order valence-corrected chi connectivity index (χ3v) is 2.54. The number of methoxy groups -OCH3 is 1. The lowest BCUT2D eigenvalue weighted by atomic mass is 10.3. The quantitative estimate of drug-likeness (QED) is 0.716. The average molecular weight is 238 g/mol. The first-order valence-corrected chi connectivity index (χ1v) is 5.07. The zero-order valence-electron chi connectivity index (χ0n) is 8.58. The first-order valence-electron chi connectivity index (χ1n) is 4.66. The van der Waals surface area contributed by atoms with Crippen molar-refractivity contribution < 1.29 is 4.74 Å². The van der Waals surface area contributed by atoms with Gasteiger partial charge in [0, 0.05) is 12.3 Å². The minimum atomic E-state index is -0.244. The van der Waals surface area contributed by atoms with Crippen LogP contribution < -0.4 is 10.9 Å². The van der Waals surface area contributed by atoms with Crippen molar-refractivity contribution in [2.45, 2.75) is 6.04 Å². The van der Waals surface area contributed by atoms with Crippen LogP contribution >= 0.6 is 12.2 Å². The van der Waals surface area contributed by atoms with E-state index in [1.807, 2.05) is 0 Å². The summed E-state index contributed by atoms with van der Waals surface area (Å²) in [4.78, 5) is 11.5. The van der Waals surface area contributed by atoms with Crippen molar-refractivity contribution in [2.75, 3.05) is 13.7 Å². The molecule has 0 amide bonds. The highest BCUT2D eigenvalue weighted by Gasteiger charge is 2.15. The summed E-state index contributed by atoms with van der Waals surface area (Å²) < 4.78 is 6.47. The van der Waals surface area contributed by atoms with E-state index in [9.17, 15) is 4.79 Å². The fourth-order valence-corrected chi connectivity index (χ4v) is 1.48. The maximum atomic E-state index is 11.5. The van der Waals surface area contributed by atoms with Crippen LogP contribution in [-0.4, -0.2) is 34.7 Å². The number of rotatable bonds is 2. The summed E-state index contributed by atoms with van der Waals surface area (Å²) in [5, 5.41) is 8.11. The van der Waals surface area contributed by atoms with Crippen LogP contribution in [0.25, 0.3) is 0 Å². The molecular weight excluding hydrogens is 228 g/mol. The number of ether oxygens (including phenoxy) is 1. The van der Waals surface area contributed by atoms with Gasteiger partial charge in [0.05, 0.1) is 19.9 Å². The maximum absolute atomic E-state index is 11.5. The molecule has 6 nitrogen and oxygen atoms in total. The molecule has 1 N–H and O–H groups in total. The van der Waals surface area contributed by atoms with E-state index in [1.165, 1.54) is 13.2 Å². The van der Waals surface area contributed by atoms with E-state index < -0.39 is 0 Å². The Morgan fingerprint density at radius 2 is 2.56 bits per heavy atom. The molecule has 0 saturated carbocycles. The third kappa shape index (κ3) is 1.94. The van der Waals surface area contributed by atoms with Crippen molar-refractivity contribution in [2.24, 2.45) is 5.10 Å². The van der Waals surface area contributed by atoms with Crippen molar-refractivity contribution in [1.29, 1.82) is 0 Å². The molecule has 7 heteroatoms. The lowest BCUT2D eigenvalue weighted by molar-refractivity contribution is 0.411. The molecule has 0 spiro atoms. The number of hydrazone groups is 1. The fraction of sp³-hybridized carbons (Fsp3) is 0.333. The Kier molecular flexibility index (Phi) is 2.95. The lowest BCUT2D eigenvalue weighted by Crippen LogP contribution is -2.25. The first-order chi connectivity index (χ1) is 7.72. The van der Waals surface area contributed by atoms with E-state index in [0.717, 1.165) is 0 Å². The molecule has 2 rings (SSSR count). The summed E-state index contributed by atoms with van der Waals surface area (Å²) >= 11 is 4.90. The van der Waals surface area contributed by atoms with Crippen LogP contribution in [0, 0.1) is 0 Å². The van der Waals surface area contributed by atoms with Gasteiger partial charge in [-0.2, -0.15) is 10.2 Å². The summed E-state index contributed by atoms with van der Waals surface area (Å²) in [5.41, 5.74) is 2.72. The van der Waals surface area contributed by atoms with Gasteiger partial charge in [0.1, 0.15) is 6.04 Å². The lowest BCUT2D eigenvalue weighted by Gasteiger charge is -2.10. The smallest absolute Gasteiger partial charge is 0.215 e. The van der Waals surface area contributed by atoms with E-state index in [1.54, 1.807) is 17.1 Å². The van der Waals surface area contributed by atoms with Crippen LogP contribution in [0.2, 0.25) is 0 Å².